The first-order chi connectivity index (χ1) is 9.79. The standard InChI is InChI=1S/C15H25N3O2.HI/c1-16-15(17-8-7-14-4-3-10-20-14)18(2)9-11-19-12-13-5-6-13;/h3-4,10,13H,5-9,11-12H2,1-2H3,(H,16,17);1H. The highest BCUT2D eigenvalue weighted by Gasteiger charge is 2.21. The van der Waals surface area contributed by atoms with Gasteiger partial charge in [-0.1, -0.05) is 0 Å². The number of aliphatic imine (C=N–C) groups is 1. The highest BCUT2D eigenvalue weighted by molar-refractivity contribution is 14.0. The van der Waals surface area contributed by atoms with E-state index in [0.29, 0.717) is 0 Å². The number of likely N-dealkylation sites (N-methyl/N-ethyl adjacent to an activating group) is 1. The molecule has 21 heavy (non-hydrogen) atoms. The van der Waals surface area contributed by atoms with Gasteiger partial charge < -0.3 is 19.4 Å². The zero-order chi connectivity index (χ0) is 14.2. The van der Waals surface area contributed by atoms with Crippen LogP contribution in [-0.4, -0.2) is 51.3 Å². The molecule has 1 fully saturated rings. The molecule has 1 aromatic heterocycles. The quantitative estimate of drug-likeness (QED) is 0.311. The number of nitrogens with zero attached hydrogens (tertiary/aromatic N) is 2. The van der Waals surface area contributed by atoms with Gasteiger partial charge in [0.05, 0.1) is 12.9 Å². The van der Waals surface area contributed by atoms with E-state index in [9.17, 15) is 0 Å². The molecular formula is C15H26IN3O2. The lowest BCUT2D eigenvalue weighted by molar-refractivity contribution is 0.115. The largest absolute Gasteiger partial charge is 0.469 e. The van der Waals surface area contributed by atoms with Crippen LogP contribution in [0.2, 0.25) is 0 Å². The first-order valence-corrected chi connectivity index (χ1v) is 7.31. The Kier molecular flexibility index (Phi) is 8.75. The van der Waals surface area contributed by atoms with E-state index in [1.54, 1.807) is 13.3 Å². The number of hydrogen-bond donors (Lipinski definition) is 1. The Bertz CT molecular complexity index is 405. The van der Waals surface area contributed by atoms with Crippen molar-refractivity contribution in [2.45, 2.75) is 19.3 Å². The second-order valence-corrected chi connectivity index (χ2v) is 5.24. The fourth-order valence-corrected chi connectivity index (χ4v) is 1.98. The van der Waals surface area contributed by atoms with E-state index >= 15 is 0 Å². The summed E-state index contributed by atoms with van der Waals surface area (Å²) in [5, 5.41) is 3.33. The van der Waals surface area contributed by atoms with Gasteiger partial charge in [0, 0.05) is 40.2 Å². The van der Waals surface area contributed by atoms with Crippen LogP contribution in [0.1, 0.15) is 18.6 Å². The third-order valence-electron chi connectivity index (χ3n) is 3.43. The third-order valence-corrected chi connectivity index (χ3v) is 3.43. The maximum Gasteiger partial charge on any atom is 0.193 e. The average molecular weight is 407 g/mol. The smallest absolute Gasteiger partial charge is 0.193 e. The van der Waals surface area contributed by atoms with Gasteiger partial charge in [0.25, 0.3) is 0 Å². The molecule has 0 saturated heterocycles. The Morgan fingerprint density at radius 2 is 2.33 bits per heavy atom. The minimum absolute atomic E-state index is 0. The van der Waals surface area contributed by atoms with Gasteiger partial charge in [-0.25, -0.2) is 0 Å². The number of hydrogen-bond acceptors (Lipinski definition) is 3. The van der Waals surface area contributed by atoms with Crippen LogP contribution in [0.25, 0.3) is 0 Å². The predicted molar refractivity (Wildman–Crippen MR) is 95.4 cm³/mol. The molecule has 6 heteroatoms. The lowest BCUT2D eigenvalue weighted by Crippen LogP contribution is -2.41. The van der Waals surface area contributed by atoms with Crippen molar-refractivity contribution in [3.05, 3.63) is 24.2 Å². The van der Waals surface area contributed by atoms with Crippen molar-refractivity contribution < 1.29 is 9.15 Å². The maximum atomic E-state index is 5.65. The summed E-state index contributed by atoms with van der Waals surface area (Å²) in [6.45, 7) is 3.34. The Hall–Kier alpha value is -0.760. The van der Waals surface area contributed by atoms with Crippen molar-refractivity contribution in [2.75, 3.05) is 40.4 Å². The molecule has 1 saturated carbocycles. The van der Waals surface area contributed by atoms with Gasteiger partial charge in [-0.05, 0) is 30.9 Å². The van der Waals surface area contributed by atoms with E-state index in [4.69, 9.17) is 9.15 Å². The van der Waals surface area contributed by atoms with E-state index in [0.717, 1.165) is 50.4 Å². The van der Waals surface area contributed by atoms with Gasteiger partial charge in [-0.2, -0.15) is 0 Å². The van der Waals surface area contributed by atoms with Crippen molar-refractivity contribution in [2.24, 2.45) is 10.9 Å². The number of rotatable bonds is 8. The van der Waals surface area contributed by atoms with Crippen molar-refractivity contribution >= 4 is 29.9 Å². The predicted octanol–water partition coefficient (Wildman–Crippen LogP) is 2.37. The average Bonchev–Trinajstić information content (AvgIpc) is 3.14. The molecule has 0 unspecified atom stereocenters. The SMILES string of the molecule is CN=C(NCCc1ccco1)N(C)CCOCC1CC1.I. The van der Waals surface area contributed by atoms with Crippen LogP contribution in [0.15, 0.2) is 27.8 Å². The molecule has 0 aromatic carbocycles. The van der Waals surface area contributed by atoms with Gasteiger partial charge in [0.1, 0.15) is 5.76 Å². The molecule has 0 aliphatic heterocycles. The minimum Gasteiger partial charge on any atom is -0.469 e. The Balaban J connectivity index is 0.00000220. The Labute approximate surface area is 144 Å². The molecular weight excluding hydrogens is 381 g/mol. The molecule has 0 atom stereocenters. The lowest BCUT2D eigenvalue weighted by atomic mass is 10.3. The molecule has 0 amide bonds. The third kappa shape index (κ3) is 7.17. The van der Waals surface area contributed by atoms with E-state index in [-0.39, 0.29) is 24.0 Å². The first kappa shape index (κ1) is 18.3. The molecule has 1 aliphatic rings. The minimum atomic E-state index is 0. The van der Waals surface area contributed by atoms with E-state index in [1.165, 1.54) is 12.8 Å². The number of ether oxygens (including phenoxy) is 1. The highest BCUT2D eigenvalue weighted by atomic mass is 127. The normalized spacial score (nSPS) is 14.7. The lowest BCUT2D eigenvalue weighted by Gasteiger charge is -2.21. The molecule has 1 N–H and O–H groups in total. The Morgan fingerprint density at radius 3 is 2.95 bits per heavy atom. The van der Waals surface area contributed by atoms with Crippen LogP contribution in [0.4, 0.5) is 0 Å². The number of halogens is 1. The van der Waals surface area contributed by atoms with Crippen LogP contribution >= 0.6 is 24.0 Å². The first-order valence-electron chi connectivity index (χ1n) is 7.31. The van der Waals surface area contributed by atoms with Gasteiger partial charge in [-0.3, -0.25) is 4.99 Å². The molecule has 1 aliphatic carbocycles. The number of nitrogens with one attached hydrogen (secondary N) is 1. The summed E-state index contributed by atoms with van der Waals surface area (Å²) in [5.74, 6) is 2.71. The summed E-state index contributed by atoms with van der Waals surface area (Å²) in [4.78, 5) is 6.37. The molecule has 0 bridgehead atoms. The van der Waals surface area contributed by atoms with Crippen LogP contribution in [0.5, 0.6) is 0 Å². The van der Waals surface area contributed by atoms with Crippen LogP contribution in [-0.2, 0) is 11.2 Å². The number of furan rings is 1. The molecule has 5 nitrogen and oxygen atoms in total. The van der Waals surface area contributed by atoms with Gasteiger partial charge in [-0.15, -0.1) is 24.0 Å². The second-order valence-electron chi connectivity index (χ2n) is 5.24. The summed E-state index contributed by atoms with van der Waals surface area (Å²) in [5.41, 5.74) is 0. The fraction of sp³-hybridized carbons (Fsp3) is 0.667. The summed E-state index contributed by atoms with van der Waals surface area (Å²) in [7, 11) is 3.83. The fourth-order valence-electron chi connectivity index (χ4n) is 1.98. The molecule has 0 radical (unpaired) electrons. The van der Waals surface area contributed by atoms with E-state index in [1.807, 2.05) is 19.2 Å². The van der Waals surface area contributed by atoms with Crippen molar-refractivity contribution in [1.82, 2.24) is 10.2 Å². The van der Waals surface area contributed by atoms with Crippen LogP contribution < -0.4 is 5.32 Å². The van der Waals surface area contributed by atoms with Crippen LogP contribution in [0, 0.1) is 5.92 Å². The monoisotopic (exact) mass is 407 g/mol. The van der Waals surface area contributed by atoms with E-state index in [2.05, 4.69) is 15.2 Å². The summed E-state index contributed by atoms with van der Waals surface area (Å²) < 4.78 is 11.0. The molecule has 120 valence electrons. The summed E-state index contributed by atoms with van der Waals surface area (Å²) >= 11 is 0. The van der Waals surface area contributed by atoms with Crippen molar-refractivity contribution in [3.8, 4) is 0 Å². The number of guanidine groups is 1. The second kappa shape index (κ2) is 10.0. The molecule has 1 heterocycles. The zero-order valence-electron chi connectivity index (χ0n) is 12.9. The molecule has 2 rings (SSSR count). The summed E-state index contributed by atoms with van der Waals surface area (Å²) in [6, 6.07) is 3.90. The van der Waals surface area contributed by atoms with Gasteiger partial charge in [0.15, 0.2) is 5.96 Å². The maximum absolute atomic E-state index is 5.65. The topological polar surface area (TPSA) is 50.0 Å². The van der Waals surface area contributed by atoms with Gasteiger partial charge >= 0.3 is 0 Å². The molecule has 0 spiro atoms. The highest BCUT2D eigenvalue weighted by Crippen LogP contribution is 2.28. The van der Waals surface area contributed by atoms with Gasteiger partial charge in [0.2, 0.25) is 0 Å². The van der Waals surface area contributed by atoms with E-state index < -0.39 is 0 Å². The Morgan fingerprint density at radius 1 is 1.52 bits per heavy atom. The summed E-state index contributed by atoms with van der Waals surface area (Å²) in [6.07, 6.45) is 5.24. The zero-order valence-corrected chi connectivity index (χ0v) is 15.2. The molecule has 1 aromatic rings. The van der Waals surface area contributed by atoms with Crippen molar-refractivity contribution in [1.29, 1.82) is 0 Å². The van der Waals surface area contributed by atoms with Crippen molar-refractivity contribution in [3.63, 3.8) is 0 Å². The van der Waals surface area contributed by atoms with Crippen LogP contribution in [0.3, 0.4) is 0 Å².